The number of likely N-dealkylation sites (tertiary alicyclic amines) is 1. The number of aromatic nitrogens is 3. The van der Waals surface area contributed by atoms with Gasteiger partial charge in [0, 0.05) is 37.3 Å². The van der Waals surface area contributed by atoms with Crippen LogP contribution in [0.3, 0.4) is 0 Å². The maximum Gasteiger partial charge on any atom is 0.258 e. The molecule has 1 amide bonds. The van der Waals surface area contributed by atoms with Crippen molar-refractivity contribution >= 4 is 34.4 Å². The van der Waals surface area contributed by atoms with Crippen LogP contribution >= 0.6 is 11.6 Å². The lowest BCUT2D eigenvalue weighted by Gasteiger charge is -2.33. The van der Waals surface area contributed by atoms with Gasteiger partial charge in [0.2, 0.25) is 0 Å². The number of piperidine rings is 1. The molecule has 2 aromatic heterocycles. The summed E-state index contributed by atoms with van der Waals surface area (Å²) < 4.78 is 11.0. The van der Waals surface area contributed by atoms with Crippen molar-refractivity contribution in [1.29, 1.82) is 0 Å². The van der Waals surface area contributed by atoms with Crippen LogP contribution in [0.5, 0.6) is 11.5 Å². The maximum absolute atomic E-state index is 12.2. The van der Waals surface area contributed by atoms with E-state index in [2.05, 4.69) is 37.6 Å². The van der Waals surface area contributed by atoms with Gasteiger partial charge in [0.25, 0.3) is 5.91 Å². The third-order valence-corrected chi connectivity index (χ3v) is 8.47. The fraction of sp³-hybridized carbons (Fsp3) is 0.406. The third-order valence-electron chi connectivity index (χ3n) is 8.19. The summed E-state index contributed by atoms with van der Waals surface area (Å²) in [5.41, 5.74) is 4.39. The molecule has 42 heavy (non-hydrogen) atoms. The van der Waals surface area contributed by atoms with Crippen LogP contribution in [-0.4, -0.2) is 64.6 Å². The molecule has 10 heteroatoms. The average molecular weight is 589 g/mol. The monoisotopic (exact) mass is 588 g/mol. The molecule has 0 bridgehead atoms. The fourth-order valence-electron chi connectivity index (χ4n) is 5.83. The van der Waals surface area contributed by atoms with Gasteiger partial charge < -0.3 is 25.1 Å². The number of methoxy groups -OCH3 is 1. The Morgan fingerprint density at radius 2 is 1.71 bits per heavy atom. The van der Waals surface area contributed by atoms with Crippen LogP contribution in [0.2, 0.25) is 5.02 Å². The number of nitrogens with zero attached hydrogens (tertiary/aromatic N) is 3. The van der Waals surface area contributed by atoms with Gasteiger partial charge in [-0.1, -0.05) is 36.6 Å². The van der Waals surface area contributed by atoms with Gasteiger partial charge in [-0.2, -0.15) is 0 Å². The Bertz CT molecular complexity index is 1490. The summed E-state index contributed by atoms with van der Waals surface area (Å²) in [7, 11) is 1.69. The standard InChI is InChI=1S/C32H37ClN6O3/c1-41-25-10-6-21(7-11-25)19-39-16-14-24(15-17-39)36-29-27(33)18-34-32-30(29)37-31(38-32)22-8-12-26(13-9-22)42-20-28(40)35-23-4-2-3-5-23/h6-13,18,23-24H,2-5,14-17,19-20H2,1H3,(H,35,40)(H2,34,36,37,38). The van der Waals surface area contributed by atoms with Crippen LogP contribution in [0.1, 0.15) is 44.1 Å². The first kappa shape index (κ1) is 28.3. The number of H-pyrrole nitrogens is 1. The first-order valence-corrected chi connectivity index (χ1v) is 15.1. The van der Waals surface area contributed by atoms with Crippen LogP contribution < -0.4 is 20.1 Å². The number of ether oxygens (including phenoxy) is 2. The molecule has 220 valence electrons. The summed E-state index contributed by atoms with van der Waals surface area (Å²) in [6.07, 6.45) is 8.15. The van der Waals surface area contributed by atoms with E-state index in [4.69, 9.17) is 26.1 Å². The van der Waals surface area contributed by atoms with Crippen LogP contribution in [-0.2, 0) is 11.3 Å². The Kier molecular flexibility index (Phi) is 8.76. The predicted octanol–water partition coefficient (Wildman–Crippen LogP) is 5.80. The highest BCUT2D eigenvalue weighted by Gasteiger charge is 2.22. The summed E-state index contributed by atoms with van der Waals surface area (Å²) >= 11 is 6.62. The van der Waals surface area contributed by atoms with E-state index in [0.29, 0.717) is 28.3 Å². The Morgan fingerprint density at radius 1 is 1.00 bits per heavy atom. The van der Waals surface area contributed by atoms with E-state index < -0.39 is 0 Å². The van der Waals surface area contributed by atoms with E-state index in [1.165, 1.54) is 18.4 Å². The second kappa shape index (κ2) is 13.0. The second-order valence-corrected chi connectivity index (χ2v) is 11.6. The molecule has 6 rings (SSSR count). The Labute approximate surface area is 251 Å². The van der Waals surface area contributed by atoms with Crippen molar-refractivity contribution < 1.29 is 14.3 Å². The van der Waals surface area contributed by atoms with Gasteiger partial charge >= 0.3 is 0 Å². The molecule has 3 N–H and O–H groups in total. The minimum atomic E-state index is -0.0749. The fourth-order valence-corrected chi connectivity index (χ4v) is 6.02. The predicted molar refractivity (Wildman–Crippen MR) is 165 cm³/mol. The zero-order valence-electron chi connectivity index (χ0n) is 23.9. The number of nitrogens with one attached hydrogen (secondary N) is 3. The molecule has 0 unspecified atom stereocenters. The molecule has 1 aliphatic heterocycles. The Morgan fingerprint density at radius 3 is 2.43 bits per heavy atom. The number of pyridine rings is 1. The minimum absolute atomic E-state index is 0.0122. The highest BCUT2D eigenvalue weighted by molar-refractivity contribution is 6.34. The van der Waals surface area contributed by atoms with Crippen LogP contribution in [0.25, 0.3) is 22.6 Å². The lowest BCUT2D eigenvalue weighted by molar-refractivity contribution is -0.123. The van der Waals surface area contributed by atoms with Crippen molar-refractivity contribution in [2.24, 2.45) is 0 Å². The van der Waals surface area contributed by atoms with Crippen molar-refractivity contribution in [2.45, 2.75) is 57.2 Å². The molecule has 2 fully saturated rings. The summed E-state index contributed by atoms with van der Waals surface area (Å²) in [5.74, 6) is 2.14. The van der Waals surface area contributed by atoms with E-state index in [1.54, 1.807) is 13.3 Å². The number of rotatable bonds is 10. The molecule has 4 aromatic rings. The summed E-state index contributed by atoms with van der Waals surface area (Å²) in [6.45, 7) is 2.94. The topological polar surface area (TPSA) is 104 Å². The molecule has 3 heterocycles. The summed E-state index contributed by atoms with van der Waals surface area (Å²) in [6, 6.07) is 16.4. The van der Waals surface area contributed by atoms with Gasteiger partial charge in [0.05, 0.1) is 24.0 Å². The first-order chi connectivity index (χ1) is 20.5. The quantitative estimate of drug-likeness (QED) is 0.215. The van der Waals surface area contributed by atoms with E-state index in [9.17, 15) is 4.79 Å². The molecule has 1 aliphatic carbocycles. The highest BCUT2D eigenvalue weighted by Crippen LogP contribution is 2.32. The number of benzene rings is 2. The number of hydrogen-bond donors (Lipinski definition) is 3. The van der Waals surface area contributed by atoms with Gasteiger partial charge in [-0.25, -0.2) is 9.97 Å². The molecule has 1 saturated carbocycles. The third kappa shape index (κ3) is 6.79. The minimum Gasteiger partial charge on any atom is -0.497 e. The molecular formula is C32H37ClN6O3. The SMILES string of the molecule is COc1ccc(CN2CCC(Nc3c(Cl)cnc4[nH]c(-c5ccc(OCC(=O)NC6CCCC6)cc5)nc34)CC2)cc1. The molecule has 0 spiro atoms. The lowest BCUT2D eigenvalue weighted by Crippen LogP contribution is -2.38. The largest absolute Gasteiger partial charge is 0.497 e. The molecule has 2 aromatic carbocycles. The van der Waals surface area contributed by atoms with E-state index in [-0.39, 0.29) is 18.6 Å². The smallest absolute Gasteiger partial charge is 0.258 e. The second-order valence-electron chi connectivity index (χ2n) is 11.2. The normalized spacial score (nSPS) is 16.5. The van der Waals surface area contributed by atoms with Crippen LogP contribution in [0.4, 0.5) is 5.69 Å². The van der Waals surface area contributed by atoms with Gasteiger partial charge in [0.15, 0.2) is 12.3 Å². The number of amides is 1. The summed E-state index contributed by atoms with van der Waals surface area (Å²) in [5, 5.41) is 7.27. The first-order valence-electron chi connectivity index (χ1n) is 14.7. The van der Waals surface area contributed by atoms with Gasteiger partial charge in [-0.05, 0) is 67.6 Å². The van der Waals surface area contributed by atoms with E-state index >= 15 is 0 Å². The van der Waals surface area contributed by atoms with E-state index in [1.807, 2.05) is 36.4 Å². The van der Waals surface area contributed by atoms with Gasteiger partial charge in [-0.15, -0.1) is 0 Å². The zero-order chi connectivity index (χ0) is 28.9. The zero-order valence-corrected chi connectivity index (χ0v) is 24.6. The molecule has 0 radical (unpaired) electrons. The molecular weight excluding hydrogens is 552 g/mol. The van der Waals surface area contributed by atoms with Gasteiger partial charge in [-0.3, -0.25) is 9.69 Å². The molecule has 0 atom stereocenters. The number of fused-ring (bicyclic) bond motifs is 1. The van der Waals surface area contributed by atoms with Crippen molar-refractivity contribution in [3.05, 3.63) is 65.3 Å². The number of anilines is 1. The number of halogens is 1. The van der Waals surface area contributed by atoms with Crippen LogP contribution in [0, 0.1) is 0 Å². The lowest BCUT2D eigenvalue weighted by atomic mass is 10.0. The number of imidazole rings is 1. The molecule has 9 nitrogen and oxygen atoms in total. The van der Waals surface area contributed by atoms with Crippen molar-refractivity contribution in [3.8, 4) is 22.9 Å². The number of aromatic amines is 1. The van der Waals surface area contributed by atoms with Gasteiger partial charge in [0.1, 0.15) is 22.8 Å². The Hall–Kier alpha value is -3.82. The average Bonchev–Trinajstić information content (AvgIpc) is 3.69. The molecule has 1 saturated heterocycles. The Balaban J connectivity index is 1.06. The highest BCUT2D eigenvalue weighted by atomic mass is 35.5. The summed E-state index contributed by atoms with van der Waals surface area (Å²) in [4.78, 5) is 27.3. The van der Waals surface area contributed by atoms with E-state index in [0.717, 1.165) is 67.8 Å². The van der Waals surface area contributed by atoms with Crippen LogP contribution in [0.15, 0.2) is 54.7 Å². The number of hydrogen-bond acceptors (Lipinski definition) is 7. The van der Waals surface area contributed by atoms with Crippen molar-refractivity contribution in [3.63, 3.8) is 0 Å². The number of carbonyl (C=O) groups is 1. The maximum atomic E-state index is 12.2. The number of carbonyl (C=O) groups excluding carboxylic acids is 1. The molecule has 2 aliphatic rings. The van der Waals surface area contributed by atoms with Crippen molar-refractivity contribution in [1.82, 2.24) is 25.2 Å². The van der Waals surface area contributed by atoms with Crippen molar-refractivity contribution in [2.75, 3.05) is 32.1 Å².